The second kappa shape index (κ2) is 7.21. The van der Waals surface area contributed by atoms with Crippen LogP contribution in [0.5, 0.6) is 11.5 Å². The van der Waals surface area contributed by atoms with E-state index in [1.807, 2.05) is 18.2 Å². The quantitative estimate of drug-likeness (QED) is 0.856. The van der Waals surface area contributed by atoms with E-state index in [1.165, 1.54) is 25.4 Å². The number of fused-ring (bicyclic) bond motifs is 1. The molecule has 0 saturated heterocycles. The SMILES string of the molecule is COC(=O)c1ccnc(NC(=O)C2COc3c(cccc3OC)C2)c1. The number of esters is 1. The lowest BCUT2D eigenvalue weighted by atomic mass is 9.95. The highest BCUT2D eigenvalue weighted by atomic mass is 16.5. The van der Waals surface area contributed by atoms with Crippen molar-refractivity contribution in [1.82, 2.24) is 4.98 Å². The molecule has 130 valence electrons. The fourth-order valence-electron chi connectivity index (χ4n) is 2.70. The van der Waals surface area contributed by atoms with Gasteiger partial charge in [0.1, 0.15) is 12.4 Å². The second-order valence-corrected chi connectivity index (χ2v) is 5.57. The van der Waals surface area contributed by atoms with Gasteiger partial charge in [-0.25, -0.2) is 9.78 Å². The van der Waals surface area contributed by atoms with Gasteiger partial charge in [0.15, 0.2) is 11.5 Å². The number of para-hydroxylation sites is 1. The summed E-state index contributed by atoms with van der Waals surface area (Å²) in [5, 5.41) is 2.72. The van der Waals surface area contributed by atoms with Crippen molar-refractivity contribution in [2.24, 2.45) is 5.92 Å². The van der Waals surface area contributed by atoms with Gasteiger partial charge in [0.2, 0.25) is 5.91 Å². The molecular formula is C18H18N2O5. The number of rotatable bonds is 4. The largest absolute Gasteiger partial charge is 0.493 e. The summed E-state index contributed by atoms with van der Waals surface area (Å²) in [4.78, 5) is 28.1. The summed E-state index contributed by atoms with van der Waals surface area (Å²) < 4.78 is 15.6. The van der Waals surface area contributed by atoms with Gasteiger partial charge >= 0.3 is 5.97 Å². The van der Waals surface area contributed by atoms with E-state index < -0.39 is 5.97 Å². The number of carbonyl (C=O) groups is 2. The lowest BCUT2D eigenvalue weighted by Gasteiger charge is -2.25. The van der Waals surface area contributed by atoms with Crippen LogP contribution in [0.1, 0.15) is 15.9 Å². The summed E-state index contributed by atoms with van der Waals surface area (Å²) >= 11 is 0. The van der Waals surface area contributed by atoms with E-state index in [2.05, 4.69) is 15.0 Å². The molecule has 0 saturated carbocycles. The lowest BCUT2D eigenvalue weighted by Crippen LogP contribution is -2.33. The maximum Gasteiger partial charge on any atom is 0.338 e. The lowest BCUT2D eigenvalue weighted by molar-refractivity contribution is -0.121. The number of hydrogen-bond donors (Lipinski definition) is 1. The minimum atomic E-state index is -0.486. The van der Waals surface area contributed by atoms with E-state index in [0.29, 0.717) is 29.3 Å². The first-order valence-electron chi connectivity index (χ1n) is 7.76. The molecule has 0 radical (unpaired) electrons. The van der Waals surface area contributed by atoms with Crippen LogP contribution >= 0.6 is 0 Å². The Balaban J connectivity index is 1.71. The monoisotopic (exact) mass is 342 g/mol. The van der Waals surface area contributed by atoms with Crippen molar-refractivity contribution in [3.63, 3.8) is 0 Å². The molecule has 2 heterocycles. The van der Waals surface area contributed by atoms with Crippen molar-refractivity contribution in [2.45, 2.75) is 6.42 Å². The average molecular weight is 342 g/mol. The summed E-state index contributed by atoms with van der Waals surface area (Å²) in [5.41, 5.74) is 1.24. The van der Waals surface area contributed by atoms with E-state index >= 15 is 0 Å². The highest BCUT2D eigenvalue weighted by Gasteiger charge is 2.28. The van der Waals surface area contributed by atoms with E-state index in [0.717, 1.165) is 5.56 Å². The van der Waals surface area contributed by atoms with E-state index in [4.69, 9.17) is 9.47 Å². The summed E-state index contributed by atoms with van der Waals surface area (Å²) in [7, 11) is 2.88. The number of pyridine rings is 1. The Labute approximate surface area is 144 Å². The van der Waals surface area contributed by atoms with Crippen LogP contribution in [0.15, 0.2) is 36.5 Å². The van der Waals surface area contributed by atoms with Crippen molar-refractivity contribution in [1.29, 1.82) is 0 Å². The molecule has 1 aliphatic heterocycles. The normalized spacial score (nSPS) is 15.5. The minimum absolute atomic E-state index is 0.219. The maximum absolute atomic E-state index is 12.5. The van der Waals surface area contributed by atoms with Gasteiger partial charge in [-0.05, 0) is 30.2 Å². The fourth-order valence-corrected chi connectivity index (χ4v) is 2.70. The van der Waals surface area contributed by atoms with Crippen molar-refractivity contribution >= 4 is 17.7 Å². The first-order chi connectivity index (χ1) is 12.1. The molecule has 1 aromatic carbocycles. The maximum atomic E-state index is 12.5. The van der Waals surface area contributed by atoms with E-state index in [1.54, 1.807) is 7.11 Å². The van der Waals surface area contributed by atoms with Crippen LogP contribution in [-0.2, 0) is 16.0 Å². The van der Waals surface area contributed by atoms with Crippen LogP contribution < -0.4 is 14.8 Å². The van der Waals surface area contributed by atoms with Crippen LogP contribution in [-0.4, -0.2) is 37.7 Å². The predicted molar refractivity (Wildman–Crippen MR) is 89.9 cm³/mol. The fraction of sp³-hybridized carbons (Fsp3) is 0.278. The van der Waals surface area contributed by atoms with Gasteiger partial charge in [-0.3, -0.25) is 4.79 Å². The number of amides is 1. The molecule has 1 aromatic heterocycles. The second-order valence-electron chi connectivity index (χ2n) is 5.57. The molecule has 1 atom stereocenters. The number of methoxy groups -OCH3 is 2. The van der Waals surface area contributed by atoms with Gasteiger partial charge in [-0.2, -0.15) is 0 Å². The third kappa shape index (κ3) is 3.55. The molecule has 7 heteroatoms. The Bertz CT molecular complexity index is 806. The zero-order valence-electron chi connectivity index (χ0n) is 13.9. The number of hydrogen-bond acceptors (Lipinski definition) is 6. The van der Waals surface area contributed by atoms with Gasteiger partial charge in [0.05, 0.1) is 25.7 Å². The molecule has 0 aliphatic carbocycles. The number of benzene rings is 1. The topological polar surface area (TPSA) is 86.8 Å². The van der Waals surface area contributed by atoms with Crippen molar-refractivity contribution in [3.8, 4) is 11.5 Å². The van der Waals surface area contributed by atoms with Crippen LogP contribution in [0.2, 0.25) is 0 Å². The van der Waals surface area contributed by atoms with Gasteiger partial charge in [-0.15, -0.1) is 0 Å². The van der Waals surface area contributed by atoms with E-state index in [-0.39, 0.29) is 18.4 Å². The van der Waals surface area contributed by atoms with Crippen molar-refractivity contribution in [2.75, 3.05) is 26.1 Å². The zero-order chi connectivity index (χ0) is 17.8. The van der Waals surface area contributed by atoms with Crippen molar-refractivity contribution in [3.05, 3.63) is 47.7 Å². The van der Waals surface area contributed by atoms with Crippen LogP contribution in [0.4, 0.5) is 5.82 Å². The number of ether oxygens (including phenoxy) is 3. The van der Waals surface area contributed by atoms with Gasteiger partial charge < -0.3 is 19.5 Å². The Kier molecular flexibility index (Phi) is 4.83. The number of nitrogens with one attached hydrogen (secondary N) is 1. The van der Waals surface area contributed by atoms with Crippen LogP contribution in [0.25, 0.3) is 0 Å². The third-order valence-corrected chi connectivity index (χ3v) is 3.98. The third-order valence-electron chi connectivity index (χ3n) is 3.98. The number of carbonyl (C=O) groups excluding carboxylic acids is 2. The molecule has 1 amide bonds. The number of nitrogens with zero attached hydrogens (tertiary/aromatic N) is 1. The molecule has 2 aromatic rings. The molecule has 0 spiro atoms. The Morgan fingerprint density at radius 3 is 2.88 bits per heavy atom. The summed E-state index contributed by atoms with van der Waals surface area (Å²) in [5.74, 6) is 0.569. The van der Waals surface area contributed by atoms with Crippen LogP contribution in [0, 0.1) is 5.92 Å². The summed E-state index contributed by atoms with van der Waals surface area (Å²) in [6.45, 7) is 0.246. The van der Waals surface area contributed by atoms with Gasteiger partial charge in [0, 0.05) is 6.20 Å². The first kappa shape index (κ1) is 16.8. The summed E-state index contributed by atoms with van der Waals surface area (Å²) in [6.07, 6.45) is 1.98. The molecule has 1 N–H and O–H groups in total. The standard InChI is InChI=1S/C18H18N2O5/c1-23-14-5-3-4-11-8-13(10-25-16(11)14)17(21)20-15-9-12(6-7-19-15)18(22)24-2/h3-7,9,13H,8,10H2,1-2H3,(H,19,20,21). The molecular weight excluding hydrogens is 324 g/mol. The first-order valence-corrected chi connectivity index (χ1v) is 7.76. The van der Waals surface area contributed by atoms with Gasteiger partial charge in [-0.1, -0.05) is 12.1 Å². The molecule has 3 rings (SSSR count). The molecule has 1 unspecified atom stereocenters. The Morgan fingerprint density at radius 2 is 2.12 bits per heavy atom. The smallest absolute Gasteiger partial charge is 0.338 e. The van der Waals surface area contributed by atoms with Crippen molar-refractivity contribution < 1.29 is 23.8 Å². The highest BCUT2D eigenvalue weighted by molar-refractivity contribution is 5.94. The molecule has 7 nitrogen and oxygen atoms in total. The van der Waals surface area contributed by atoms with E-state index in [9.17, 15) is 9.59 Å². The number of aromatic nitrogens is 1. The van der Waals surface area contributed by atoms with Gasteiger partial charge in [0.25, 0.3) is 0 Å². The number of anilines is 1. The molecule has 1 aliphatic rings. The molecule has 0 fully saturated rings. The summed E-state index contributed by atoms with van der Waals surface area (Å²) in [6, 6.07) is 8.59. The predicted octanol–water partition coefficient (Wildman–Crippen LogP) is 2.07. The Morgan fingerprint density at radius 1 is 1.28 bits per heavy atom. The molecule has 25 heavy (non-hydrogen) atoms. The minimum Gasteiger partial charge on any atom is -0.493 e. The van der Waals surface area contributed by atoms with Crippen LogP contribution in [0.3, 0.4) is 0 Å². The molecule has 0 bridgehead atoms. The zero-order valence-corrected chi connectivity index (χ0v) is 13.9. The Hall–Kier alpha value is -3.09. The highest BCUT2D eigenvalue weighted by Crippen LogP contribution is 2.36. The average Bonchev–Trinajstić information content (AvgIpc) is 2.66.